The molecule has 110 valence electrons. The van der Waals surface area contributed by atoms with E-state index in [-0.39, 0.29) is 5.97 Å². The van der Waals surface area contributed by atoms with E-state index >= 15 is 0 Å². The number of carbonyl (C=O) groups is 1. The molecule has 0 spiro atoms. The summed E-state index contributed by atoms with van der Waals surface area (Å²) in [7, 11) is 0. The molecule has 0 aliphatic carbocycles. The van der Waals surface area contributed by atoms with Crippen molar-refractivity contribution >= 4 is 33.4 Å². The van der Waals surface area contributed by atoms with Crippen LogP contribution in [0.15, 0.2) is 34.9 Å². The quantitative estimate of drug-likeness (QED) is 0.833. The van der Waals surface area contributed by atoms with Gasteiger partial charge in [0.1, 0.15) is 5.82 Å². The fourth-order valence-corrected chi connectivity index (χ4v) is 2.73. The van der Waals surface area contributed by atoms with Crippen molar-refractivity contribution in [3.05, 3.63) is 51.6 Å². The van der Waals surface area contributed by atoms with Crippen molar-refractivity contribution in [1.29, 1.82) is 0 Å². The summed E-state index contributed by atoms with van der Waals surface area (Å²) in [5, 5.41) is 3.28. The first-order valence-corrected chi connectivity index (χ1v) is 7.47. The van der Waals surface area contributed by atoms with Gasteiger partial charge in [0.15, 0.2) is 0 Å². The first-order valence-electron chi connectivity index (χ1n) is 6.68. The fourth-order valence-electron chi connectivity index (χ4n) is 2.04. The Hall–Kier alpha value is -1.88. The molecule has 0 amide bonds. The highest BCUT2D eigenvalue weighted by Crippen LogP contribution is 2.27. The Balaban J connectivity index is 2.19. The summed E-state index contributed by atoms with van der Waals surface area (Å²) < 4.78 is 5.98. The smallest absolute Gasteiger partial charge is 0.339 e. The van der Waals surface area contributed by atoms with Crippen molar-refractivity contribution in [2.75, 3.05) is 11.9 Å². The molecule has 2 aromatic rings. The molecule has 0 fully saturated rings. The van der Waals surface area contributed by atoms with Gasteiger partial charge in [-0.05, 0) is 56.2 Å². The Labute approximate surface area is 132 Å². The van der Waals surface area contributed by atoms with Crippen molar-refractivity contribution in [1.82, 2.24) is 4.98 Å². The lowest BCUT2D eigenvalue weighted by molar-refractivity contribution is 0.0526. The standard InChI is InChI=1S/C16H17BrN2O2/c1-4-21-16(20)12-5-6-14(18-9-12)19-15-10(2)7-13(17)8-11(15)3/h5-9H,4H2,1-3H3,(H,18,19). The summed E-state index contributed by atoms with van der Waals surface area (Å²) in [5.74, 6) is 0.337. The van der Waals surface area contributed by atoms with Gasteiger partial charge in [0.05, 0.1) is 12.2 Å². The molecule has 0 saturated carbocycles. The van der Waals surface area contributed by atoms with Gasteiger partial charge in [0.2, 0.25) is 0 Å². The van der Waals surface area contributed by atoms with Crippen LogP contribution in [0.25, 0.3) is 0 Å². The number of esters is 1. The monoisotopic (exact) mass is 348 g/mol. The van der Waals surface area contributed by atoms with Crippen molar-refractivity contribution in [3.8, 4) is 0 Å². The van der Waals surface area contributed by atoms with E-state index in [2.05, 4.69) is 26.2 Å². The molecule has 1 aromatic heterocycles. The predicted octanol–water partition coefficient (Wildman–Crippen LogP) is 4.38. The van der Waals surface area contributed by atoms with Gasteiger partial charge in [0, 0.05) is 16.4 Å². The summed E-state index contributed by atoms with van der Waals surface area (Å²) in [5.41, 5.74) is 3.72. The molecule has 2 rings (SSSR count). The Kier molecular flexibility index (Phi) is 4.96. The summed E-state index contributed by atoms with van der Waals surface area (Å²) in [6.07, 6.45) is 1.52. The number of anilines is 2. The molecule has 0 saturated heterocycles. The van der Waals surface area contributed by atoms with E-state index in [4.69, 9.17) is 4.74 Å². The topological polar surface area (TPSA) is 51.2 Å². The van der Waals surface area contributed by atoms with E-state index in [9.17, 15) is 4.79 Å². The highest BCUT2D eigenvalue weighted by Gasteiger charge is 2.08. The van der Waals surface area contributed by atoms with Gasteiger partial charge in [-0.15, -0.1) is 0 Å². The van der Waals surface area contributed by atoms with Crippen molar-refractivity contribution in [2.45, 2.75) is 20.8 Å². The van der Waals surface area contributed by atoms with Crippen LogP contribution in [-0.4, -0.2) is 17.6 Å². The van der Waals surface area contributed by atoms with Crippen LogP contribution in [0.3, 0.4) is 0 Å². The summed E-state index contributed by atoms with van der Waals surface area (Å²) in [6, 6.07) is 7.56. The number of hydrogen-bond acceptors (Lipinski definition) is 4. The molecule has 5 heteroatoms. The van der Waals surface area contributed by atoms with Crippen LogP contribution >= 0.6 is 15.9 Å². The van der Waals surface area contributed by atoms with Gasteiger partial charge in [-0.25, -0.2) is 9.78 Å². The Morgan fingerprint density at radius 1 is 1.29 bits per heavy atom. The van der Waals surface area contributed by atoms with Crippen molar-refractivity contribution in [3.63, 3.8) is 0 Å². The van der Waals surface area contributed by atoms with Crippen LogP contribution < -0.4 is 5.32 Å². The minimum absolute atomic E-state index is 0.354. The number of ether oxygens (including phenoxy) is 1. The zero-order valence-electron chi connectivity index (χ0n) is 12.2. The third-order valence-corrected chi connectivity index (χ3v) is 3.48. The summed E-state index contributed by atoms with van der Waals surface area (Å²) in [6.45, 7) is 6.20. The number of rotatable bonds is 4. The number of carbonyl (C=O) groups excluding carboxylic acids is 1. The first kappa shape index (κ1) is 15.5. The highest BCUT2D eigenvalue weighted by atomic mass is 79.9. The lowest BCUT2D eigenvalue weighted by Gasteiger charge is -2.13. The van der Waals surface area contributed by atoms with Crippen molar-refractivity contribution in [2.24, 2.45) is 0 Å². The molecule has 0 aliphatic rings. The Morgan fingerprint density at radius 2 is 1.95 bits per heavy atom. The summed E-state index contributed by atoms with van der Waals surface area (Å²) in [4.78, 5) is 15.8. The minimum atomic E-state index is -0.354. The second-order valence-electron chi connectivity index (χ2n) is 4.69. The molecule has 21 heavy (non-hydrogen) atoms. The van der Waals surface area contributed by atoms with E-state index in [0.29, 0.717) is 18.0 Å². The number of hydrogen-bond donors (Lipinski definition) is 1. The van der Waals surface area contributed by atoms with Gasteiger partial charge in [0.25, 0.3) is 0 Å². The lowest BCUT2D eigenvalue weighted by Crippen LogP contribution is -2.05. The van der Waals surface area contributed by atoms with Gasteiger partial charge in [-0.3, -0.25) is 0 Å². The maximum Gasteiger partial charge on any atom is 0.339 e. The molecular formula is C16H17BrN2O2. The zero-order chi connectivity index (χ0) is 15.4. The van der Waals surface area contributed by atoms with Crippen LogP contribution in [-0.2, 0) is 4.74 Å². The van der Waals surface area contributed by atoms with Crippen LogP contribution in [0.4, 0.5) is 11.5 Å². The third kappa shape index (κ3) is 3.82. The van der Waals surface area contributed by atoms with Crippen LogP contribution in [0.5, 0.6) is 0 Å². The van der Waals surface area contributed by atoms with Gasteiger partial charge in [-0.2, -0.15) is 0 Å². The average molecular weight is 349 g/mol. The van der Waals surface area contributed by atoms with E-state index in [1.165, 1.54) is 6.20 Å². The molecule has 0 aliphatic heterocycles. The maximum atomic E-state index is 11.6. The van der Waals surface area contributed by atoms with Crippen LogP contribution in [0.1, 0.15) is 28.4 Å². The highest BCUT2D eigenvalue weighted by molar-refractivity contribution is 9.10. The molecule has 0 unspecified atom stereocenters. The molecule has 1 N–H and O–H groups in total. The van der Waals surface area contributed by atoms with Gasteiger partial charge < -0.3 is 10.1 Å². The number of aromatic nitrogens is 1. The van der Waals surface area contributed by atoms with E-state index < -0.39 is 0 Å². The van der Waals surface area contributed by atoms with Crippen LogP contribution in [0, 0.1) is 13.8 Å². The number of benzene rings is 1. The Bertz CT molecular complexity index is 631. The lowest BCUT2D eigenvalue weighted by atomic mass is 10.1. The molecule has 0 bridgehead atoms. The normalized spacial score (nSPS) is 10.3. The molecule has 0 atom stereocenters. The number of halogens is 1. The third-order valence-electron chi connectivity index (χ3n) is 3.03. The zero-order valence-corrected chi connectivity index (χ0v) is 13.8. The SMILES string of the molecule is CCOC(=O)c1ccc(Nc2c(C)cc(Br)cc2C)nc1. The minimum Gasteiger partial charge on any atom is -0.462 e. The molecule has 1 heterocycles. The van der Waals surface area contributed by atoms with Gasteiger partial charge in [-0.1, -0.05) is 15.9 Å². The maximum absolute atomic E-state index is 11.6. The van der Waals surface area contributed by atoms with E-state index in [1.54, 1.807) is 19.1 Å². The number of aryl methyl sites for hydroxylation is 2. The predicted molar refractivity (Wildman–Crippen MR) is 87.1 cm³/mol. The molecule has 1 aromatic carbocycles. The average Bonchev–Trinajstić information content (AvgIpc) is 2.43. The van der Waals surface area contributed by atoms with E-state index in [0.717, 1.165) is 21.3 Å². The number of nitrogens with one attached hydrogen (secondary N) is 1. The van der Waals surface area contributed by atoms with Crippen molar-refractivity contribution < 1.29 is 9.53 Å². The largest absolute Gasteiger partial charge is 0.462 e. The number of nitrogens with zero attached hydrogens (tertiary/aromatic N) is 1. The number of pyridine rings is 1. The fraction of sp³-hybridized carbons (Fsp3) is 0.250. The molecule has 0 radical (unpaired) electrons. The summed E-state index contributed by atoms with van der Waals surface area (Å²) >= 11 is 3.48. The van der Waals surface area contributed by atoms with Crippen LogP contribution in [0.2, 0.25) is 0 Å². The first-order chi connectivity index (χ1) is 10.0. The Morgan fingerprint density at radius 3 is 2.48 bits per heavy atom. The van der Waals surface area contributed by atoms with Gasteiger partial charge >= 0.3 is 5.97 Å². The second kappa shape index (κ2) is 6.72. The van der Waals surface area contributed by atoms with E-state index in [1.807, 2.05) is 26.0 Å². The molecule has 4 nitrogen and oxygen atoms in total. The second-order valence-corrected chi connectivity index (χ2v) is 5.61. The molecular weight excluding hydrogens is 332 g/mol.